The zero-order valence-electron chi connectivity index (χ0n) is 13.3. The summed E-state index contributed by atoms with van der Waals surface area (Å²) in [5.41, 5.74) is 1.03. The van der Waals surface area contributed by atoms with E-state index in [1.807, 2.05) is 30.1 Å². The van der Waals surface area contributed by atoms with Crippen molar-refractivity contribution < 1.29 is 9.53 Å². The maximum absolute atomic E-state index is 11.8. The van der Waals surface area contributed by atoms with Crippen molar-refractivity contribution in [3.63, 3.8) is 0 Å². The summed E-state index contributed by atoms with van der Waals surface area (Å²) in [6.45, 7) is 13.8. The predicted molar refractivity (Wildman–Crippen MR) is 90.1 cm³/mol. The quantitative estimate of drug-likeness (QED) is 0.669. The summed E-state index contributed by atoms with van der Waals surface area (Å²) in [5, 5.41) is 0. The van der Waals surface area contributed by atoms with Crippen molar-refractivity contribution in [2.24, 2.45) is 0 Å². The van der Waals surface area contributed by atoms with E-state index in [0.717, 1.165) is 18.5 Å². The highest BCUT2D eigenvalue weighted by atomic mass is 16.5. The lowest BCUT2D eigenvalue weighted by Gasteiger charge is -2.28. The molecule has 3 nitrogen and oxygen atoms in total. The van der Waals surface area contributed by atoms with E-state index < -0.39 is 0 Å². The minimum atomic E-state index is -0.0105. The molecule has 21 heavy (non-hydrogen) atoms. The van der Waals surface area contributed by atoms with Crippen LogP contribution in [0.15, 0.2) is 61.8 Å². The number of methoxy groups -OCH3 is 1. The average Bonchev–Trinajstić information content (AvgIpc) is 2.93. The summed E-state index contributed by atoms with van der Waals surface area (Å²) >= 11 is 0. The standard InChI is InChI=1S/C14H21NO2.C4H6/c1-4-6-8-12(5-2)13(11-17-3)15-10-7-9-14(15)16;1-3-4-2/h4-6,8,13H,2,7,9-11H2,1,3H3;3-4H,1-2H2/b6-4-,12-8+;. The van der Waals surface area contributed by atoms with E-state index in [9.17, 15) is 4.79 Å². The first-order valence-corrected chi connectivity index (χ1v) is 7.13. The second-order valence-corrected chi connectivity index (χ2v) is 4.53. The lowest BCUT2D eigenvalue weighted by Crippen LogP contribution is -2.40. The van der Waals surface area contributed by atoms with Gasteiger partial charge >= 0.3 is 0 Å². The number of allylic oxidation sites excluding steroid dienone is 5. The molecule has 0 aromatic rings. The molecule has 3 heteroatoms. The Kier molecular flexibility index (Phi) is 10.9. The monoisotopic (exact) mass is 289 g/mol. The fourth-order valence-electron chi connectivity index (χ4n) is 2.05. The number of carbonyl (C=O) groups is 1. The van der Waals surface area contributed by atoms with Gasteiger partial charge in [0.1, 0.15) is 0 Å². The molecule has 0 saturated carbocycles. The van der Waals surface area contributed by atoms with Crippen molar-refractivity contribution in [3.05, 3.63) is 61.8 Å². The highest BCUT2D eigenvalue weighted by Gasteiger charge is 2.29. The minimum Gasteiger partial charge on any atom is -0.382 e. The Morgan fingerprint density at radius 3 is 2.43 bits per heavy atom. The Morgan fingerprint density at radius 2 is 2.05 bits per heavy atom. The van der Waals surface area contributed by atoms with Crippen LogP contribution >= 0.6 is 0 Å². The third-order valence-electron chi connectivity index (χ3n) is 3.08. The van der Waals surface area contributed by atoms with Gasteiger partial charge in [-0.2, -0.15) is 0 Å². The molecule has 0 bridgehead atoms. The molecule has 0 aromatic carbocycles. The molecule has 1 fully saturated rings. The number of hydrogen-bond acceptors (Lipinski definition) is 2. The third-order valence-corrected chi connectivity index (χ3v) is 3.08. The smallest absolute Gasteiger partial charge is 0.223 e. The Hall–Kier alpha value is -1.87. The summed E-state index contributed by atoms with van der Waals surface area (Å²) in [5.74, 6) is 0.209. The van der Waals surface area contributed by atoms with Gasteiger partial charge in [0.05, 0.1) is 12.6 Å². The molecule has 1 aliphatic heterocycles. The summed E-state index contributed by atoms with van der Waals surface area (Å²) in [7, 11) is 1.66. The average molecular weight is 289 g/mol. The summed E-state index contributed by atoms with van der Waals surface area (Å²) in [6, 6.07) is -0.0105. The second-order valence-electron chi connectivity index (χ2n) is 4.53. The van der Waals surface area contributed by atoms with E-state index in [1.54, 1.807) is 25.3 Å². The summed E-state index contributed by atoms with van der Waals surface area (Å²) in [6.07, 6.45) is 12.6. The Bertz CT molecular complexity index is 401. The summed E-state index contributed by atoms with van der Waals surface area (Å²) in [4.78, 5) is 13.7. The second kappa shape index (κ2) is 11.9. The molecule has 0 radical (unpaired) electrons. The molecule has 0 aromatic heterocycles. The normalized spacial score (nSPS) is 16.4. The molecule has 1 rings (SSSR count). The van der Waals surface area contributed by atoms with Crippen molar-refractivity contribution in [2.75, 3.05) is 20.3 Å². The van der Waals surface area contributed by atoms with Gasteiger partial charge in [-0.3, -0.25) is 4.79 Å². The van der Waals surface area contributed by atoms with Gasteiger partial charge < -0.3 is 9.64 Å². The minimum absolute atomic E-state index is 0.0105. The zero-order chi connectivity index (χ0) is 16.1. The number of hydrogen-bond donors (Lipinski definition) is 0. The van der Waals surface area contributed by atoms with Crippen molar-refractivity contribution >= 4 is 5.91 Å². The number of ether oxygens (including phenoxy) is 1. The van der Waals surface area contributed by atoms with E-state index in [2.05, 4.69) is 19.7 Å². The van der Waals surface area contributed by atoms with Crippen LogP contribution in [0, 0.1) is 0 Å². The lowest BCUT2D eigenvalue weighted by molar-refractivity contribution is -0.129. The van der Waals surface area contributed by atoms with Crippen LogP contribution in [0.5, 0.6) is 0 Å². The first-order valence-electron chi connectivity index (χ1n) is 7.13. The number of rotatable bonds is 7. The van der Waals surface area contributed by atoms with Crippen molar-refractivity contribution in [3.8, 4) is 0 Å². The molecular weight excluding hydrogens is 262 g/mol. The van der Waals surface area contributed by atoms with E-state index in [-0.39, 0.29) is 11.9 Å². The Balaban J connectivity index is 0.000000885. The van der Waals surface area contributed by atoms with Crippen LogP contribution in [0.25, 0.3) is 0 Å². The van der Waals surface area contributed by atoms with Crippen molar-refractivity contribution in [1.82, 2.24) is 4.90 Å². The molecule has 0 spiro atoms. The molecule has 1 saturated heterocycles. The van der Waals surface area contributed by atoms with Crippen LogP contribution in [-0.4, -0.2) is 37.1 Å². The predicted octanol–water partition coefficient (Wildman–Crippen LogP) is 3.67. The number of carbonyl (C=O) groups excluding carboxylic acids is 1. The summed E-state index contributed by atoms with van der Waals surface area (Å²) < 4.78 is 5.22. The fraction of sp³-hybridized carbons (Fsp3) is 0.389. The zero-order valence-corrected chi connectivity index (χ0v) is 13.3. The first-order chi connectivity index (χ1) is 10.2. The Labute approximate surface area is 129 Å². The molecule has 0 N–H and O–H groups in total. The topological polar surface area (TPSA) is 29.5 Å². The van der Waals surface area contributed by atoms with Crippen LogP contribution in [0.4, 0.5) is 0 Å². The molecule has 1 heterocycles. The van der Waals surface area contributed by atoms with Crippen LogP contribution in [0.3, 0.4) is 0 Å². The number of nitrogens with zero attached hydrogens (tertiary/aromatic N) is 1. The molecule has 1 atom stereocenters. The van der Waals surface area contributed by atoms with Gasteiger partial charge in [0.25, 0.3) is 0 Å². The SMILES string of the molecule is C=C/C(=C\C=C/C)C(COC)N1CCCC1=O.C=CC=C. The van der Waals surface area contributed by atoms with E-state index in [1.165, 1.54) is 0 Å². The van der Waals surface area contributed by atoms with Gasteiger partial charge in [-0.05, 0) is 18.9 Å². The third kappa shape index (κ3) is 6.91. The van der Waals surface area contributed by atoms with Gasteiger partial charge in [-0.25, -0.2) is 0 Å². The number of amides is 1. The molecule has 1 unspecified atom stereocenters. The van der Waals surface area contributed by atoms with E-state index in [4.69, 9.17) is 4.74 Å². The maximum atomic E-state index is 11.8. The Morgan fingerprint density at radius 1 is 1.38 bits per heavy atom. The molecular formula is C18H27NO2. The van der Waals surface area contributed by atoms with E-state index in [0.29, 0.717) is 13.0 Å². The molecule has 1 aliphatic rings. The van der Waals surface area contributed by atoms with Crippen LogP contribution < -0.4 is 0 Å². The maximum Gasteiger partial charge on any atom is 0.223 e. The van der Waals surface area contributed by atoms with Crippen LogP contribution in [0.1, 0.15) is 19.8 Å². The first kappa shape index (κ1) is 19.1. The van der Waals surface area contributed by atoms with Crippen LogP contribution in [-0.2, 0) is 9.53 Å². The van der Waals surface area contributed by atoms with Crippen LogP contribution in [0.2, 0.25) is 0 Å². The van der Waals surface area contributed by atoms with Gasteiger partial charge in [-0.15, -0.1) is 0 Å². The van der Waals surface area contributed by atoms with Gasteiger partial charge in [0, 0.05) is 20.1 Å². The van der Waals surface area contributed by atoms with Gasteiger partial charge in [-0.1, -0.05) is 56.2 Å². The van der Waals surface area contributed by atoms with Gasteiger partial charge in [0.15, 0.2) is 0 Å². The molecule has 1 amide bonds. The number of likely N-dealkylation sites (tertiary alicyclic amines) is 1. The highest BCUT2D eigenvalue weighted by Crippen LogP contribution is 2.20. The van der Waals surface area contributed by atoms with Crippen molar-refractivity contribution in [1.29, 1.82) is 0 Å². The van der Waals surface area contributed by atoms with Crippen molar-refractivity contribution in [2.45, 2.75) is 25.8 Å². The van der Waals surface area contributed by atoms with Gasteiger partial charge in [0.2, 0.25) is 5.91 Å². The highest BCUT2D eigenvalue weighted by molar-refractivity contribution is 5.79. The van der Waals surface area contributed by atoms with E-state index >= 15 is 0 Å². The lowest BCUT2D eigenvalue weighted by atomic mass is 10.1. The largest absolute Gasteiger partial charge is 0.382 e. The fourth-order valence-corrected chi connectivity index (χ4v) is 2.05. The molecule has 116 valence electrons. The molecule has 0 aliphatic carbocycles.